The Morgan fingerprint density at radius 2 is 1.93 bits per heavy atom. The lowest BCUT2D eigenvalue weighted by atomic mass is 10.2. The summed E-state index contributed by atoms with van der Waals surface area (Å²) in [6.45, 7) is 7.23. The summed E-state index contributed by atoms with van der Waals surface area (Å²) in [6.07, 6.45) is 1.73. The molecule has 1 saturated heterocycles. The van der Waals surface area contributed by atoms with Crippen LogP contribution in [0.3, 0.4) is 0 Å². The molecule has 8 nitrogen and oxygen atoms in total. The van der Waals surface area contributed by atoms with Crippen LogP contribution in [0.4, 0.5) is 0 Å². The first-order valence-corrected chi connectivity index (χ1v) is 10.3. The highest BCUT2D eigenvalue weighted by Gasteiger charge is 2.15. The summed E-state index contributed by atoms with van der Waals surface area (Å²) in [5.41, 5.74) is 3.90. The monoisotopic (exact) mass is 409 g/mol. The summed E-state index contributed by atoms with van der Waals surface area (Å²) in [4.78, 5) is 18.1. The minimum absolute atomic E-state index is 0.104. The maximum absolute atomic E-state index is 11.3. The molecule has 1 fully saturated rings. The average Bonchev–Trinajstić information content (AvgIpc) is 3.02. The molecule has 1 aliphatic heterocycles. The third kappa shape index (κ3) is 4.15. The molecular formula is C22H27N5O3. The molecule has 0 spiro atoms. The first-order chi connectivity index (χ1) is 14.6. The molecule has 30 heavy (non-hydrogen) atoms. The van der Waals surface area contributed by atoms with E-state index in [1.807, 2.05) is 17.6 Å². The van der Waals surface area contributed by atoms with Crippen LogP contribution >= 0.6 is 0 Å². The summed E-state index contributed by atoms with van der Waals surface area (Å²) in [6, 6.07) is 8.85. The number of aryl methyl sites for hydroxylation is 2. The van der Waals surface area contributed by atoms with Crippen molar-refractivity contribution in [3.63, 3.8) is 0 Å². The predicted molar refractivity (Wildman–Crippen MR) is 113 cm³/mol. The molecule has 8 heteroatoms. The lowest BCUT2D eigenvalue weighted by molar-refractivity contribution is 0.0369. The quantitative estimate of drug-likeness (QED) is 0.581. The molecule has 2 aromatic heterocycles. The molecule has 158 valence electrons. The van der Waals surface area contributed by atoms with Gasteiger partial charge < -0.3 is 19.0 Å². The number of benzene rings is 1. The van der Waals surface area contributed by atoms with Crippen LogP contribution in [0, 0.1) is 12.3 Å². The van der Waals surface area contributed by atoms with Gasteiger partial charge in [0.1, 0.15) is 17.7 Å². The number of ether oxygens (including phenoxy) is 1. The molecule has 3 heterocycles. The van der Waals surface area contributed by atoms with E-state index < -0.39 is 0 Å². The molecule has 0 atom stereocenters. The molecule has 0 amide bonds. The van der Waals surface area contributed by atoms with Crippen molar-refractivity contribution >= 4 is 17.3 Å². The lowest BCUT2D eigenvalue weighted by Gasteiger charge is -2.26. The second-order valence-corrected chi connectivity index (χ2v) is 7.65. The van der Waals surface area contributed by atoms with Crippen LogP contribution in [0.2, 0.25) is 0 Å². The van der Waals surface area contributed by atoms with Gasteiger partial charge in [-0.05, 0) is 43.7 Å². The van der Waals surface area contributed by atoms with Gasteiger partial charge in [0.05, 0.1) is 30.8 Å². The molecule has 4 rings (SSSR count). The van der Waals surface area contributed by atoms with Crippen LogP contribution in [0.1, 0.15) is 28.2 Å². The Bertz CT molecular complexity index is 1110. The van der Waals surface area contributed by atoms with E-state index >= 15 is 0 Å². The van der Waals surface area contributed by atoms with E-state index in [9.17, 15) is 9.90 Å². The Labute approximate surface area is 174 Å². The number of nitrogens with zero attached hydrogens (tertiary/aromatic N) is 4. The van der Waals surface area contributed by atoms with Crippen LogP contribution in [0.5, 0.6) is 5.75 Å². The van der Waals surface area contributed by atoms with Gasteiger partial charge in [0.15, 0.2) is 0 Å². The molecule has 0 unspecified atom stereocenters. The summed E-state index contributed by atoms with van der Waals surface area (Å²) in [5.74, 6) is 0.104. The average molecular weight is 409 g/mol. The van der Waals surface area contributed by atoms with Crippen molar-refractivity contribution in [3.05, 3.63) is 52.9 Å². The topological polar surface area (TPSA) is 96.4 Å². The minimum Gasteiger partial charge on any atom is -0.506 e. The molecule has 0 saturated carbocycles. The largest absolute Gasteiger partial charge is 0.506 e. The summed E-state index contributed by atoms with van der Waals surface area (Å²) in [5, 5.41) is 19.0. The van der Waals surface area contributed by atoms with E-state index in [1.165, 1.54) is 0 Å². The van der Waals surface area contributed by atoms with Gasteiger partial charge in [-0.3, -0.25) is 20.1 Å². The molecule has 0 aliphatic carbocycles. The summed E-state index contributed by atoms with van der Waals surface area (Å²) < 4.78 is 9.18. The number of aldehydes is 1. The number of hydrogen-bond donors (Lipinski definition) is 2. The Kier molecular flexibility index (Phi) is 5.96. The number of hydrogen-bond acceptors (Lipinski definition) is 6. The maximum atomic E-state index is 11.3. The number of fused-ring (bicyclic) bond motifs is 1. The van der Waals surface area contributed by atoms with E-state index in [0.29, 0.717) is 23.4 Å². The number of carbonyl (C=O) groups excluding carboxylic acids is 1. The van der Waals surface area contributed by atoms with Crippen molar-refractivity contribution < 1.29 is 14.6 Å². The highest BCUT2D eigenvalue weighted by molar-refractivity contribution is 5.85. The van der Waals surface area contributed by atoms with Crippen LogP contribution in [0.25, 0.3) is 11.0 Å². The van der Waals surface area contributed by atoms with Crippen LogP contribution in [0.15, 0.2) is 30.3 Å². The number of morpholine rings is 1. The van der Waals surface area contributed by atoms with Crippen LogP contribution in [-0.4, -0.2) is 63.3 Å². The van der Waals surface area contributed by atoms with Crippen molar-refractivity contribution in [1.29, 1.82) is 5.41 Å². The minimum atomic E-state index is 0.104. The normalized spacial score (nSPS) is 15.0. The molecular weight excluding hydrogens is 382 g/mol. The highest BCUT2D eigenvalue weighted by Crippen LogP contribution is 2.20. The predicted octanol–water partition coefficient (Wildman–Crippen LogP) is 1.91. The van der Waals surface area contributed by atoms with Crippen molar-refractivity contribution in [1.82, 2.24) is 19.0 Å². The Morgan fingerprint density at radius 1 is 1.13 bits per heavy atom. The fourth-order valence-electron chi connectivity index (χ4n) is 3.96. The number of carbonyl (C=O) groups is 1. The zero-order valence-electron chi connectivity index (χ0n) is 17.2. The Hall–Kier alpha value is -2.97. The maximum Gasteiger partial charge on any atom is 0.203 e. The first kappa shape index (κ1) is 20.3. The highest BCUT2D eigenvalue weighted by atomic mass is 16.5. The second kappa shape index (κ2) is 8.81. The fourth-order valence-corrected chi connectivity index (χ4v) is 3.96. The first-order valence-electron chi connectivity index (χ1n) is 10.3. The number of imidazole rings is 1. The van der Waals surface area contributed by atoms with E-state index in [0.717, 1.165) is 62.3 Å². The van der Waals surface area contributed by atoms with E-state index in [1.54, 1.807) is 28.8 Å². The SMILES string of the molecule is Cc1ccc(O)c(Cn2c(=N)n(CCCN3CCOCC3)c3ccc(C=O)cc32)n1. The van der Waals surface area contributed by atoms with Gasteiger partial charge in [-0.1, -0.05) is 0 Å². The number of aromatic hydroxyl groups is 1. The Balaban J connectivity index is 1.66. The Morgan fingerprint density at radius 3 is 2.70 bits per heavy atom. The number of rotatable bonds is 7. The third-order valence-corrected chi connectivity index (χ3v) is 5.59. The smallest absolute Gasteiger partial charge is 0.203 e. The van der Waals surface area contributed by atoms with Crippen molar-refractivity contribution in [2.24, 2.45) is 0 Å². The van der Waals surface area contributed by atoms with Gasteiger partial charge in [0.2, 0.25) is 5.62 Å². The van der Waals surface area contributed by atoms with E-state index in [-0.39, 0.29) is 12.3 Å². The number of nitrogens with one attached hydrogen (secondary N) is 1. The molecule has 0 bridgehead atoms. The fraction of sp³-hybridized carbons (Fsp3) is 0.409. The molecule has 1 aliphatic rings. The van der Waals surface area contributed by atoms with Crippen molar-refractivity contribution in [2.75, 3.05) is 32.8 Å². The molecule has 2 N–H and O–H groups in total. The van der Waals surface area contributed by atoms with Crippen molar-refractivity contribution in [2.45, 2.75) is 26.4 Å². The van der Waals surface area contributed by atoms with Gasteiger partial charge >= 0.3 is 0 Å². The second-order valence-electron chi connectivity index (χ2n) is 7.65. The lowest BCUT2D eigenvalue weighted by Crippen LogP contribution is -2.37. The number of pyridine rings is 1. The summed E-state index contributed by atoms with van der Waals surface area (Å²) >= 11 is 0. The molecule has 1 aromatic carbocycles. The van der Waals surface area contributed by atoms with Crippen LogP contribution in [-0.2, 0) is 17.8 Å². The summed E-state index contributed by atoms with van der Waals surface area (Å²) in [7, 11) is 0. The zero-order chi connectivity index (χ0) is 21.1. The van der Waals surface area contributed by atoms with Crippen LogP contribution < -0.4 is 5.62 Å². The van der Waals surface area contributed by atoms with Gasteiger partial charge in [-0.2, -0.15) is 0 Å². The van der Waals surface area contributed by atoms with Crippen molar-refractivity contribution in [3.8, 4) is 5.75 Å². The molecule has 0 radical (unpaired) electrons. The van der Waals surface area contributed by atoms with Gasteiger partial charge in [0, 0.05) is 37.4 Å². The molecule has 3 aromatic rings. The van der Waals surface area contributed by atoms with E-state index in [4.69, 9.17) is 10.1 Å². The van der Waals surface area contributed by atoms with Gasteiger partial charge in [0.25, 0.3) is 0 Å². The number of aromatic nitrogens is 3. The standard InChI is InChI=1S/C22H27N5O3/c1-16-3-6-21(29)18(24-16)14-27-20-13-17(15-28)4-5-19(20)26(22(27)23)8-2-7-25-9-11-30-12-10-25/h3-6,13,15,23,29H,2,7-12,14H2,1H3. The third-order valence-electron chi connectivity index (χ3n) is 5.59. The van der Waals surface area contributed by atoms with E-state index in [2.05, 4.69) is 9.88 Å². The van der Waals surface area contributed by atoms with Gasteiger partial charge in [-0.15, -0.1) is 0 Å². The zero-order valence-corrected chi connectivity index (χ0v) is 17.2. The van der Waals surface area contributed by atoms with Gasteiger partial charge in [-0.25, -0.2) is 0 Å².